The number of halogens is 2. The third-order valence-corrected chi connectivity index (χ3v) is 3.27. The van der Waals surface area contributed by atoms with Crippen molar-refractivity contribution in [3.63, 3.8) is 0 Å². The second-order valence-corrected chi connectivity index (χ2v) is 4.88. The Kier molecular flexibility index (Phi) is 11.4. The van der Waals surface area contributed by atoms with Gasteiger partial charge in [0.1, 0.15) is 0 Å². The van der Waals surface area contributed by atoms with E-state index in [1.54, 1.807) is 30.3 Å². The summed E-state index contributed by atoms with van der Waals surface area (Å²) in [6.07, 6.45) is 0. The Bertz CT molecular complexity index is 712. The molecule has 2 nitrogen and oxygen atoms in total. The van der Waals surface area contributed by atoms with Crippen LogP contribution in [-0.2, 0) is 0 Å². The van der Waals surface area contributed by atoms with E-state index < -0.39 is 0 Å². The van der Waals surface area contributed by atoms with Crippen molar-refractivity contribution in [1.29, 1.82) is 0 Å². The summed E-state index contributed by atoms with van der Waals surface area (Å²) in [6, 6.07) is 26.6. The summed E-state index contributed by atoms with van der Waals surface area (Å²) < 4.78 is 0. The van der Waals surface area contributed by atoms with E-state index in [1.807, 2.05) is 48.5 Å². The molecule has 0 spiro atoms. The first-order valence-corrected chi connectivity index (χ1v) is 7.13. The van der Waals surface area contributed by atoms with Gasteiger partial charge < -0.3 is 22.7 Å². The fourth-order valence-corrected chi connectivity index (χ4v) is 2.00. The summed E-state index contributed by atoms with van der Waals surface area (Å²) in [7, 11) is 0. The Labute approximate surface area is 174 Å². The van der Waals surface area contributed by atoms with Crippen molar-refractivity contribution < 1.29 is 21.8 Å². The third-order valence-electron chi connectivity index (χ3n) is 2.94. The number of carbonyl (C=O) groups is 1. The van der Waals surface area contributed by atoms with Gasteiger partial charge in [-0.05, 0) is 12.1 Å². The predicted octanol–water partition coefficient (Wildman–Crippen LogP) is 1.26. The summed E-state index contributed by atoms with van der Waals surface area (Å²) in [5.41, 5.74) is 7.15. The SMILES string of the molecule is Nc1c(Cl)cccc1C(=O)c1ccccc1.[Br-].[Mg+2].[c-]1ccccc1. The second kappa shape index (κ2) is 12.1. The number of carbonyl (C=O) groups excluding carboxylic acids is 1. The maximum absolute atomic E-state index is 12.1. The zero-order valence-corrected chi connectivity index (χ0v) is 16.7. The van der Waals surface area contributed by atoms with Crippen molar-refractivity contribution in [2.45, 2.75) is 0 Å². The second-order valence-electron chi connectivity index (χ2n) is 4.47. The Morgan fingerprint density at radius 3 is 1.96 bits per heavy atom. The fourth-order valence-electron chi connectivity index (χ4n) is 1.82. The molecule has 3 aromatic carbocycles. The van der Waals surface area contributed by atoms with E-state index in [9.17, 15) is 4.79 Å². The van der Waals surface area contributed by atoms with E-state index in [2.05, 4.69) is 6.07 Å². The first-order chi connectivity index (χ1) is 10.7. The molecule has 0 heterocycles. The van der Waals surface area contributed by atoms with Crippen LogP contribution in [0, 0.1) is 6.07 Å². The molecule has 2 N–H and O–H groups in total. The van der Waals surface area contributed by atoms with Crippen LogP contribution in [0.2, 0.25) is 5.02 Å². The average Bonchev–Trinajstić information content (AvgIpc) is 2.60. The molecule has 0 unspecified atom stereocenters. The van der Waals surface area contributed by atoms with Crippen LogP contribution in [0.5, 0.6) is 0 Å². The van der Waals surface area contributed by atoms with Crippen LogP contribution in [0.15, 0.2) is 78.9 Å². The van der Waals surface area contributed by atoms with Gasteiger partial charge in [0.15, 0.2) is 5.78 Å². The number of rotatable bonds is 2. The van der Waals surface area contributed by atoms with Gasteiger partial charge in [-0.15, -0.1) is 0 Å². The molecule has 0 saturated heterocycles. The fraction of sp³-hybridized carbons (Fsp3) is 0. The smallest absolute Gasteiger partial charge is 1.00 e. The predicted molar refractivity (Wildman–Crippen MR) is 96.8 cm³/mol. The third kappa shape index (κ3) is 6.65. The minimum atomic E-state index is -0.111. The Hall–Kier alpha value is -1.33. The Morgan fingerprint density at radius 1 is 0.875 bits per heavy atom. The van der Waals surface area contributed by atoms with Gasteiger partial charge in [-0.25, -0.2) is 0 Å². The average molecular weight is 413 g/mol. The van der Waals surface area contributed by atoms with Gasteiger partial charge in [0.05, 0.1) is 10.7 Å². The molecular formula is C19H15BrClMgNO. The maximum Gasteiger partial charge on any atom is 2.00 e. The molecule has 0 aliphatic rings. The van der Waals surface area contributed by atoms with E-state index in [0.717, 1.165) is 0 Å². The quantitative estimate of drug-likeness (QED) is 0.298. The summed E-state index contributed by atoms with van der Waals surface area (Å²) in [5, 5.41) is 0.404. The topological polar surface area (TPSA) is 43.1 Å². The van der Waals surface area contributed by atoms with Gasteiger partial charge in [0.2, 0.25) is 0 Å². The number of nitrogen functional groups attached to an aromatic ring is 1. The summed E-state index contributed by atoms with van der Waals surface area (Å²) in [4.78, 5) is 12.1. The van der Waals surface area contributed by atoms with Gasteiger partial charge in [-0.3, -0.25) is 4.79 Å². The van der Waals surface area contributed by atoms with Crippen LogP contribution < -0.4 is 22.7 Å². The van der Waals surface area contributed by atoms with Crippen LogP contribution in [0.25, 0.3) is 0 Å². The Morgan fingerprint density at radius 2 is 1.46 bits per heavy atom. The standard InChI is InChI=1S/C13H10ClNO.C6H5.BrH.Mg/c14-11-8-4-7-10(12(11)15)13(16)9-5-2-1-3-6-9;1-2-4-6-5-3-1;;/h1-8H,15H2;1-5H;1H;/q;-1;;+2/p-1. The van der Waals surface area contributed by atoms with Crippen molar-refractivity contribution in [2.24, 2.45) is 0 Å². The first-order valence-electron chi connectivity index (χ1n) is 6.75. The molecule has 0 bridgehead atoms. The summed E-state index contributed by atoms with van der Waals surface area (Å²) >= 11 is 5.87. The largest absolute Gasteiger partial charge is 2.00 e. The minimum absolute atomic E-state index is 0. The monoisotopic (exact) mass is 411 g/mol. The minimum Gasteiger partial charge on any atom is -1.00 e. The first kappa shape index (κ1) is 22.7. The van der Waals surface area contributed by atoms with E-state index in [-0.39, 0.29) is 45.8 Å². The zero-order chi connectivity index (χ0) is 15.8. The van der Waals surface area contributed by atoms with Crippen LogP contribution >= 0.6 is 11.6 Å². The van der Waals surface area contributed by atoms with Crippen LogP contribution in [0.3, 0.4) is 0 Å². The van der Waals surface area contributed by atoms with Gasteiger partial charge in [-0.1, -0.05) is 48.0 Å². The van der Waals surface area contributed by atoms with Gasteiger partial charge in [0, 0.05) is 11.1 Å². The normalized spacial score (nSPS) is 8.71. The van der Waals surface area contributed by atoms with E-state index in [4.69, 9.17) is 17.3 Å². The molecule has 0 radical (unpaired) electrons. The Balaban J connectivity index is 0.000000565. The van der Waals surface area contributed by atoms with Gasteiger partial charge >= 0.3 is 23.1 Å². The number of anilines is 1. The van der Waals surface area contributed by atoms with Crippen LogP contribution in [-0.4, -0.2) is 28.8 Å². The van der Waals surface area contributed by atoms with Crippen molar-refractivity contribution in [1.82, 2.24) is 0 Å². The van der Waals surface area contributed by atoms with Crippen molar-refractivity contribution in [2.75, 3.05) is 5.73 Å². The maximum atomic E-state index is 12.1. The molecular weight excluding hydrogens is 398 g/mol. The zero-order valence-electron chi connectivity index (χ0n) is 13.0. The van der Waals surface area contributed by atoms with E-state index in [0.29, 0.717) is 21.8 Å². The van der Waals surface area contributed by atoms with Crippen LogP contribution in [0.1, 0.15) is 15.9 Å². The van der Waals surface area contributed by atoms with Crippen molar-refractivity contribution in [3.8, 4) is 0 Å². The molecule has 0 aliphatic carbocycles. The molecule has 0 aliphatic heterocycles. The summed E-state index contributed by atoms with van der Waals surface area (Å²) in [6.45, 7) is 0. The molecule has 24 heavy (non-hydrogen) atoms. The van der Waals surface area contributed by atoms with Gasteiger partial charge in [0.25, 0.3) is 0 Å². The number of ketones is 1. The number of benzene rings is 3. The number of hydrogen-bond donors (Lipinski definition) is 1. The molecule has 3 aromatic rings. The molecule has 3 rings (SSSR count). The molecule has 0 fully saturated rings. The van der Waals surface area contributed by atoms with Crippen molar-refractivity contribution >= 4 is 46.1 Å². The van der Waals surface area contributed by atoms with Crippen LogP contribution in [0.4, 0.5) is 5.69 Å². The summed E-state index contributed by atoms with van der Waals surface area (Å²) in [5.74, 6) is -0.111. The molecule has 0 aromatic heterocycles. The van der Waals surface area contributed by atoms with Gasteiger partial charge in [-0.2, -0.15) is 36.4 Å². The molecule has 118 valence electrons. The molecule has 0 atom stereocenters. The molecule has 0 amide bonds. The number of para-hydroxylation sites is 1. The van der Waals surface area contributed by atoms with E-state index in [1.165, 1.54) is 0 Å². The number of nitrogens with two attached hydrogens (primary N) is 1. The molecule has 5 heteroatoms. The number of hydrogen-bond acceptors (Lipinski definition) is 2. The van der Waals surface area contributed by atoms with Crippen molar-refractivity contribution in [3.05, 3.63) is 101 Å². The molecule has 0 saturated carbocycles. The van der Waals surface area contributed by atoms with E-state index >= 15 is 0 Å².